The SMILES string of the molecule is Oc1ccc(C(F)(F)F)cc1C=Nc1cc2ccccc2cc1N=Cc1cc(C(F)(F)F)ccc1O. The number of phenolic OH excluding ortho intramolecular Hbond substituents is 2. The number of hydrogen-bond donors (Lipinski definition) is 2. The molecule has 0 aliphatic carbocycles. The zero-order valence-corrected chi connectivity index (χ0v) is 18.1. The third kappa shape index (κ3) is 5.48. The number of fused-ring (bicyclic) bond motifs is 1. The first-order chi connectivity index (χ1) is 16.9. The molecule has 0 saturated carbocycles. The van der Waals surface area contributed by atoms with Gasteiger partial charge in [0.1, 0.15) is 11.5 Å². The fraction of sp³-hybridized carbons (Fsp3) is 0.0769. The van der Waals surface area contributed by atoms with Crippen LogP contribution in [0.15, 0.2) is 82.8 Å². The van der Waals surface area contributed by atoms with E-state index in [0.29, 0.717) is 0 Å². The van der Waals surface area contributed by atoms with Gasteiger partial charge < -0.3 is 10.2 Å². The number of benzene rings is 4. The lowest BCUT2D eigenvalue weighted by Crippen LogP contribution is -2.05. The van der Waals surface area contributed by atoms with Crippen molar-refractivity contribution in [2.75, 3.05) is 0 Å². The number of halogens is 6. The normalized spacial score (nSPS) is 12.7. The highest BCUT2D eigenvalue weighted by Gasteiger charge is 2.31. The van der Waals surface area contributed by atoms with E-state index in [0.717, 1.165) is 59.6 Å². The van der Waals surface area contributed by atoms with Gasteiger partial charge >= 0.3 is 12.4 Å². The van der Waals surface area contributed by atoms with Crippen LogP contribution in [0.25, 0.3) is 10.8 Å². The highest BCUT2D eigenvalue weighted by Crippen LogP contribution is 2.36. The van der Waals surface area contributed by atoms with E-state index in [1.165, 1.54) is 0 Å². The van der Waals surface area contributed by atoms with Crippen LogP contribution < -0.4 is 0 Å². The first kappa shape index (κ1) is 24.8. The molecule has 10 heteroatoms. The van der Waals surface area contributed by atoms with Crippen molar-refractivity contribution in [3.05, 3.63) is 95.1 Å². The van der Waals surface area contributed by atoms with Crippen LogP contribution in [0.2, 0.25) is 0 Å². The molecule has 0 heterocycles. The summed E-state index contributed by atoms with van der Waals surface area (Å²) >= 11 is 0. The van der Waals surface area contributed by atoms with Crippen molar-refractivity contribution in [2.24, 2.45) is 9.98 Å². The van der Waals surface area contributed by atoms with Crippen molar-refractivity contribution in [1.82, 2.24) is 0 Å². The van der Waals surface area contributed by atoms with E-state index in [9.17, 15) is 36.6 Å². The van der Waals surface area contributed by atoms with Crippen LogP contribution in [0, 0.1) is 0 Å². The van der Waals surface area contributed by atoms with Crippen molar-refractivity contribution in [3.63, 3.8) is 0 Å². The number of hydrogen-bond acceptors (Lipinski definition) is 4. The molecule has 184 valence electrons. The molecular formula is C26H16F6N2O2. The van der Waals surface area contributed by atoms with Crippen LogP contribution in [-0.2, 0) is 12.4 Å². The summed E-state index contributed by atoms with van der Waals surface area (Å²) < 4.78 is 78.4. The van der Waals surface area contributed by atoms with Crippen LogP contribution in [0.4, 0.5) is 37.7 Å². The number of phenols is 2. The van der Waals surface area contributed by atoms with Crippen molar-refractivity contribution < 1.29 is 36.6 Å². The Morgan fingerprint density at radius 2 is 0.944 bits per heavy atom. The van der Waals surface area contributed by atoms with Gasteiger partial charge in [0.2, 0.25) is 0 Å². The van der Waals surface area contributed by atoms with Crippen LogP contribution in [0.3, 0.4) is 0 Å². The fourth-order valence-corrected chi connectivity index (χ4v) is 3.37. The zero-order valence-electron chi connectivity index (χ0n) is 18.1. The average molecular weight is 502 g/mol. The second kappa shape index (κ2) is 9.37. The molecule has 36 heavy (non-hydrogen) atoms. The molecule has 4 aromatic rings. The number of alkyl halides is 6. The maximum Gasteiger partial charge on any atom is 0.416 e. The Hall–Kier alpha value is -4.34. The van der Waals surface area contributed by atoms with Gasteiger partial charge in [-0.05, 0) is 59.3 Å². The predicted molar refractivity (Wildman–Crippen MR) is 125 cm³/mol. The molecule has 0 aromatic heterocycles. The second-order valence-electron chi connectivity index (χ2n) is 7.75. The van der Waals surface area contributed by atoms with Gasteiger partial charge in [0.05, 0.1) is 22.5 Å². The van der Waals surface area contributed by atoms with Crippen molar-refractivity contribution in [3.8, 4) is 11.5 Å². The number of nitrogens with zero attached hydrogens (tertiary/aromatic N) is 2. The van der Waals surface area contributed by atoms with Gasteiger partial charge in [-0.25, -0.2) is 0 Å². The molecule has 4 rings (SSSR count). The summed E-state index contributed by atoms with van der Waals surface area (Å²) in [5, 5.41) is 21.4. The second-order valence-corrected chi connectivity index (χ2v) is 7.75. The Morgan fingerprint density at radius 1 is 0.556 bits per heavy atom. The number of aromatic hydroxyl groups is 2. The third-order valence-corrected chi connectivity index (χ3v) is 5.24. The third-order valence-electron chi connectivity index (χ3n) is 5.24. The minimum Gasteiger partial charge on any atom is -0.507 e. The van der Waals surface area contributed by atoms with E-state index in [1.807, 2.05) is 0 Å². The highest BCUT2D eigenvalue weighted by molar-refractivity contribution is 5.95. The van der Waals surface area contributed by atoms with Gasteiger partial charge in [0, 0.05) is 23.6 Å². The molecule has 0 spiro atoms. The Labute approximate surface area is 200 Å². The van der Waals surface area contributed by atoms with Crippen LogP contribution in [0.1, 0.15) is 22.3 Å². The summed E-state index contributed by atoms with van der Waals surface area (Å²) in [5.41, 5.74) is -1.98. The molecule has 4 aromatic carbocycles. The largest absolute Gasteiger partial charge is 0.507 e. The van der Waals surface area contributed by atoms with E-state index < -0.39 is 35.0 Å². The predicted octanol–water partition coefficient (Wildman–Crippen LogP) is 7.79. The van der Waals surface area contributed by atoms with Gasteiger partial charge in [0.15, 0.2) is 0 Å². The maximum atomic E-state index is 13.1. The average Bonchev–Trinajstić information content (AvgIpc) is 2.81. The molecule has 0 atom stereocenters. The Balaban J connectivity index is 1.78. The molecule has 0 fully saturated rings. The molecule has 0 bridgehead atoms. The van der Waals surface area contributed by atoms with E-state index in [-0.39, 0.29) is 22.5 Å². The van der Waals surface area contributed by atoms with E-state index >= 15 is 0 Å². The van der Waals surface area contributed by atoms with Gasteiger partial charge in [-0.1, -0.05) is 24.3 Å². The zero-order chi connectivity index (χ0) is 26.1. The van der Waals surface area contributed by atoms with E-state index in [4.69, 9.17) is 0 Å². The molecule has 0 radical (unpaired) electrons. The first-order valence-electron chi connectivity index (χ1n) is 10.3. The Kier molecular flexibility index (Phi) is 6.45. The van der Waals surface area contributed by atoms with Crippen molar-refractivity contribution >= 4 is 34.6 Å². The molecule has 0 saturated heterocycles. The quantitative estimate of drug-likeness (QED) is 0.221. The molecule has 0 aliphatic heterocycles. The summed E-state index contributed by atoms with van der Waals surface area (Å²) in [6.07, 6.45) is -7.17. The lowest BCUT2D eigenvalue weighted by atomic mass is 10.1. The summed E-state index contributed by atoms with van der Waals surface area (Å²) in [6.45, 7) is 0. The van der Waals surface area contributed by atoms with Crippen molar-refractivity contribution in [1.29, 1.82) is 0 Å². The molecule has 0 aliphatic rings. The Morgan fingerprint density at radius 3 is 1.31 bits per heavy atom. The smallest absolute Gasteiger partial charge is 0.416 e. The van der Waals surface area contributed by atoms with Gasteiger partial charge in [-0.2, -0.15) is 26.3 Å². The number of aliphatic imine (C=N–C) groups is 2. The molecule has 0 amide bonds. The summed E-state index contributed by atoms with van der Waals surface area (Å²) in [6, 6.07) is 15.0. The van der Waals surface area contributed by atoms with Gasteiger partial charge in [0.25, 0.3) is 0 Å². The first-order valence-corrected chi connectivity index (χ1v) is 10.3. The highest BCUT2D eigenvalue weighted by atomic mass is 19.4. The van der Waals surface area contributed by atoms with E-state index in [1.54, 1.807) is 36.4 Å². The molecule has 0 unspecified atom stereocenters. The monoisotopic (exact) mass is 502 g/mol. The lowest BCUT2D eigenvalue weighted by Gasteiger charge is -2.09. The Bertz CT molecular complexity index is 1380. The maximum absolute atomic E-state index is 13.1. The summed E-state index contributed by atoms with van der Waals surface area (Å²) in [7, 11) is 0. The molecule has 4 nitrogen and oxygen atoms in total. The minimum atomic E-state index is -4.62. The van der Waals surface area contributed by atoms with E-state index in [2.05, 4.69) is 9.98 Å². The summed E-state index contributed by atoms with van der Waals surface area (Å²) in [4.78, 5) is 8.39. The summed E-state index contributed by atoms with van der Waals surface area (Å²) in [5.74, 6) is -0.849. The van der Waals surface area contributed by atoms with Crippen LogP contribution in [0.5, 0.6) is 11.5 Å². The number of rotatable bonds is 4. The fourth-order valence-electron chi connectivity index (χ4n) is 3.37. The van der Waals surface area contributed by atoms with Crippen molar-refractivity contribution in [2.45, 2.75) is 12.4 Å². The lowest BCUT2D eigenvalue weighted by molar-refractivity contribution is -0.138. The van der Waals surface area contributed by atoms with Crippen LogP contribution >= 0.6 is 0 Å². The van der Waals surface area contributed by atoms with Gasteiger partial charge in [-0.15, -0.1) is 0 Å². The standard InChI is InChI=1S/C26H16F6N2O2/c27-25(28,29)19-5-7-23(35)17(9-19)13-33-21-11-15-3-1-2-4-16(15)12-22(21)34-14-18-10-20(26(30,31)32)6-8-24(18)36/h1-14,35-36H. The topological polar surface area (TPSA) is 65.2 Å². The minimum absolute atomic E-state index is 0.174. The van der Waals surface area contributed by atoms with Gasteiger partial charge in [-0.3, -0.25) is 9.98 Å². The molecule has 2 N–H and O–H groups in total. The van der Waals surface area contributed by atoms with Crippen LogP contribution in [-0.4, -0.2) is 22.6 Å². The molecular weight excluding hydrogens is 486 g/mol.